The number of hydrogen-bond acceptors (Lipinski definition) is 6. The third-order valence-electron chi connectivity index (χ3n) is 5.51. The van der Waals surface area contributed by atoms with Crippen molar-refractivity contribution in [3.63, 3.8) is 0 Å². The summed E-state index contributed by atoms with van der Waals surface area (Å²) in [5.41, 5.74) is 2.64. The van der Waals surface area contributed by atoms with Gasteiger partial charge in [-0.05, 0) is 52.6 Å². The van der Waals surface area contributed by atoms with E-state index in [1.54, 1.807) is 30.8 Å². The van der Waals surface area contributed by atoms with Crippen LogP contribution in [0.5, 0.6) is 5.75 Å². The number of phenols is 1. The molecule has 0 saturated carbocycles. The summed E-state index contributed by atoms with van der Waals surface area (Å²) in [5, 5.41) is 21.1. The Balaban J connectivity index is 0.000000877. The van der Waals surface area contributed by atoms with E-state index in [-0.39, 0.29) is 17.9 Å². The minimum Gasteiger partial charge on any atom is -0.506 e. The van der Waals surface area contributed by atoms with E-state index in [9.17, 15) is 15.2 Å². The lowest BCUT2D eigenvalue weighted by atomic mass is 10.00. The third-order valence-corrected chi connectivity index (χ3v) is 6.53. The van der Waals surface area contributed by atoms with Gasteiger partial charge in [0.25, 0.3) is 0 Å². The number of phenolic OH excluding ortho intramolecular Hbond substituents is 1. The van der Waals surface area contributed by atoms with Gasteiger partial charge in [0.2, 0.25) is 0 Å². The number of carbonyl (C=O) groups is 1. The number of aromatic nitrogens is 1. The van der Waals surface area contributed by atoms with Crippen molar-refractivity contribution in [2.45, 2.75) is 50.9 Å². The topological polar surface area (TPSA) is 78.5 Å². The Morgan fingerprint density at radius 3 is 2.49 bits per heavy atom. The third kappa shape index (κ3) is 7.51. The highest BCUT2D eigenvalue weighted by atomic mass is 32.2. The van der Waals surface area contributed by atoms with Gasteiger partial charge >= 0.3 is 5.97 Å². The van der Waals surface area contributed by atoms with E-state index in [1.165, 1.54) is 0 Å². The molecule has 3 aromatic rings. The summed E-state index contributed by atoms with van der Waals surface area (Å²) >= 11 is 1.61. The first kappa shape index (κ1) is 29.8. The van der Waals surface area contributed by atoms with Crippen LogP contribution in [0.3, 0.4) is 0 Å². The van der Waals surface area contributed by atoms with E-state index in [1.807, 2.05) is 60.8 Å². The van der Waals surface area contributed by atoms with Gasteiger partial charge in [-0.3, -0.25) is 0 Å². The van der Waals surface area contributed by atoms with Gasteiger partial charge in [-0.15, -0.1) is 18.3 Å². The highest BCUT2D eigenvalue weighted by Gasteiger charge is 2.28. The fourth-order valence-corrected chi connectivity index (χ4v) is 4.95. The molecule has 37 heavy (non-hydrogen) atoms. The highest BCUT2D eigenvalue weighted by Crippen LogP contribution is 2.39. The van der Waals surface area contributed by atoms with Crippen LogP contribution in [0.4, 0.5) is 0 Å². The standard InChI is InChI=1S/C25H27N3O3S.C5H10/c1-5-12-28-20-13-17(14-26)24(29)19(15-27(3)4)22(20)23(25(30)31-6-2)21(28)16-32-18-10-8-7-9-11-18;1-3-5-4-2/h5,7-11,13,29H,1,6,12,15-16H2,2-4H3;3,5H,4H2,1-2H3/b;5-3-. The number of allylic oxidation sites excluding steroid dienone is 3. The molecule has 0 radical (unpaired) electrons. The van der Waals surface area contributed by atoms with Crippen LogP contribution >= 0.6 is 11.8 Å². The lowest BCUT2D eigenvalue weighted by Crippen LogP contribution is -2.13. The van der Waals surface area contributed by atoms with Gasteiger partial charge in [0.15, 0.2) is 0 Å². The van der Waals surface area contributed by atoms with Crippen LogP contribution in [0, 0.1) is 11.3 Å². The van der Waals surface area contributed by atoms with Crippen molar-refractivity contribution in [3.05, 3.63) is 83.6 Å². The molecule has 0 aliphatic carbocycles. The van der Waals surface area contributed by atoms with E-state index in [0.717, 1.165) is 17.0 Å². The number of nitrogens with zero attached hydrogens (tertiary/aromatic N) is 3. The molecule has 0 spiro atoms. The predicted octanol–water partition coefficient (Wildman–Crippen LogP) is 6.91. The molecule has 0 bridgehead atoms. The number of benzene rings is 2. The second-order valence-corrected chi connectivity index (χ2v) is 9.56. The molecule has 0 saturated heterocycles. The molecule has 0 fully saturated rings. The maximum Gasteiger partial charge on any atom is 0.340 e. The molecular weight excluding hydrogens is 482 g/mol. The molecule has 0 aliphatic rings. The van der Waals surface area contributed by atoms with Gasteiger partial charge in [0.1, 0.15) is 11.8 Å². The van der Waals surface area contributed by atoms with Gasteiger partial charge in [-0.1, -0.05) is 43.4 Å². The zero-order valence-electron chi connectivity index (χ0n) is 22.5. The quantitative estimate of drug-likeness (QED) is 0.178. The molecular formula is C30H37N3O3S. The first-order chi connectivity index (χ1) is 17.8. The lowest BCUT2D eigenvalue weighted by molar-refractivity contribution is 0.0527. The van der Waals surface area contributed by atoms with Crippen LogP contribution in [-0.2, 0) is 23.6 Å². The second-order valence-electron chi connectivity index (χ2n) is 8.52. The van der Waals surface area contributed by atoms with Crippen LogP contribution in [0.15, 0.2) is 66.1 Å². The minimum atomic E-state index is -0.437. The number of esters is 1. The molecule has 196 valence electrons. The SMILES string of the molecule is C/C=C\CC.C=CCn1c(CSc2ccccc2)c(C(=O)OCC)c2c(CN(C)C)c(O)c(C#N)cc21. The van der Waals surface area contributed by atoms with Gasteiger partial charge in [-0.25, -0.2) is 4.79 Å². The Labute approximate surface area is 224 Å². The summed E-state index contributed by atoms with van der Waals surface area (Å²) in [6, 6.07) is 13.7. The molecule has 1 N–H and O–H groups in total. The van der Waals surface area contributed by atoms with Crippen molar-refractivity contribution in [2.24, 2.45) is 0 Å². The summed E-state index contributed by atoms with van der Waals surface area (Å²) in [5.74, 6) is -0.0181. The van der Waals surface area contributed by atoms with Gasteiger partial charge in [-0.2, -0.15) is 5.26 Å². The summed E-state index contributed by atoms with van der Waals surface area (Å²) in [6.45, 7) is 10.9. The van der Waals surface area contributed by atoms with E-state index < -0.39 is 5.97 Å². The molecule has 1 heterocycles. The van der Waals surface area contributed by atoms with Crippen LogP contribution in [0.1, 0.15) is 54.4 Å². The number of aromatic hydroxyl groups is 1. The normalized spacial score (nSPS) is 10.8. The monoisotopic (exact) mass is 519 g/mol. The zero-order valence-corrected chi connectivity index (χ0v) is 23.3. The highest BCUT2D eigenvalue weighted by molar-refractivity contribution is 7.98. The average molecular weight is 520 g/mol. The zero-order chi connectivity index (χ0) is 27.4. The Morgan fingerprint density at radius 1 is 1.27 bits per heavy atom. The van der Waals surface area contributed by atoms with Gasteiger partial charge in [0.05, 0.1) is 23.3 Å². The van der Waals surface area contributed by atoms with E-state index >= 15 is 0 Å². The van der Waals surface area contributed by atoms with Crippen molar-refractivity contribution >= 4 is 28.6 Å². The number of hydrogen-bond donors (Lipinski definition) is 1. The van der Waals surface area contributed by atoms with Crippen LogP contribution in [0.2, 0.25) is 0 Å². The molecule has 6 nitrogen and oxygen atoms in total. The maximum absolute atomic E-state index is 13.2. The molecule has 0 aliphatic heterocycles. The number of ether oxygens (including phenoxy) is 1. The Bertz CT molecular complexity index is 1270. The molecule has 7 heteroatoms. The summed E-state index contributed by atoms with van der Waals surface area (Å²) in [4.78, 5) is 16.2. The molecule has 0 unspecified atom stereocenters. The summed E-state index contributed by atoms with van der Waals surface area (Å²) in [7, 11) is 3.75. The number of thioether (sulfide) groups is 1. The van der Waals surface area contributed by atoms with Crippen molar-refractivity contribution < 1.29 is 14.6 Å². The average Bonchev–Trinajstić information content (AvgIpc) is 3.19. The minimum absolute atomic E-state index is 0.0998. The van der Waals surface area contributed by atoms with Crippen LogP contribution in [0.25, 0.3) is 10.9 Å². The Hall–Kier alpha value is -3.47. The Morgan fingerprint density at radius 2 is 1.97 bits per heavy atom. The Kier molecular flexibility index (Phi) is 12.0. The molecule has 3 rings (SSSR count). The van der Waals surface area contributed by atoms with E-state index in [2.05, 4.69) is 31.7 Å². The largest absolute Gasteiger partial charge is 0.506 e. The van der Waals surface area contributed by atoms with E-state index in [0.29, 0.717) is 40.9 Å². The van der Waals surface area contributed by atoms with Gasteiger partial charge < -0.3 is 19.3 Å². The molecule has 0 atom stereocenters. The predicted molar refractivity (Wildman–Crippen MR) is 153 cm³/mol. The number of rotatable bonds is 10. The van der Waals surface area contributed by atoms with Crippen molar-refractivity contribution in [2.75, 3.05) is 20.7 Å². The van der Waals surface area contributed by atoms with Crippen molar-refractivity contribution in [3.8, 4) is 11.8 Å². The maximum atomic E-state index is 13.2. The summed E-state index contributed by atoms with van der Waals surface area (Å²) in [6.07, 6.45) is 7.10. The number of carbonyl (C=O) groups excluding carboxylic acids is 1. The molecule has 0 amide bonds. The van der Waals surface area contributed by atoms with Crippen molar-refractivity contribution in [1.29, 1.82) is 5.26 Å². The fraction of sp³-hybridized carbons (Fsp3) is 0.333. The molecule has 1 aromatic heterocycles. The van der Waals surface area contributed by atoms with Crippen molar-refractivity contribution in [1.82, 2.24) is 9.47 Å². The van der Waals surface area contributed by atoms with Crippen LogP contribution in [-0.4, -0.2) is 41.2 Å². The first-order valence-corrected chi connectivity index (χ1v) is 13.3. The fourth-order valence-electron chi connectivity index (χ4n) is 4.00. The number of nitriles is 1. The molecule has 2 aromatic carbocycles. The first-order valence-electron chi connectivity index (χ1n) is 12.4. The summed E-state index contributed by atoms with van der Waals surface area (Å²) < 4.78 is 7.42. The van der Waals surface area contributed by atoms with Gasteiger partial charge in [0, 0.05) is 40.4 Å². The van der Waals surface area contributed by atoms with E-state index in [4.69, 9.17) is 4.74 Å². The second kappa shape index (κ2) is 14.9. The lowest BCUT2D eigenvalue weighted by Gasteiger charge is -2.15. The number of fused-ring (bicyclic) bond motifs is 1. The smallest absolute Gasteiger partial charge is 0.340 e. The van der Waals surface area contributed by atoms with Crippen LogP contribution < -0.4 is 0 Å².